The molecule has 0 bridgehead atoms. The van der Waals surface area contributed by atoms with Gasteiger partial charge in [-0.25, -0.2) is 18.4 Å². The maximum Gasteiger partial charge on any atom is 0.152 e. The zero-order chi connectivity index (χ0) is 14.9. The number of hydrogen-bond donors (Lipinski definition) is 1. The second-order valence-corrected chi connectivity index (χ2v) is 8.23. The molecule has 0 spiro atoms. The third kappa shape index (κ3) is 3.33. The molecule has 1 aliphatic rings. The molecule has 1 unspecified atom stereocenters. The van der Waals surface area contributed by atoms with Gasteiger partial charge in [-0.2, -0.15) is 0 Å². The third-order valence-corrected chi connectivity index (χ3v) is 6.23. The van der Waals surface area contributed by atoms with Crippen molar-refractivity contribution in [3.8, 4) is 0 Å². The maximum atomic E-state index is 11.3. The second-order valence-electron chi connectivity index (χ2n) is 5.14. The summed E-state index contributed by atoms with van der Waals surface area (Å²) in [4.78, 5) is 9.47. The number of aryl methyl sites for hydroxylation is 1. The van der Waals surface area contributed by atoms with Crippen molar-refractivity contribution in [1.29, 1.82) is 0 Å². The van der Waals surface area contributed by atoms with Gasteiger partial charge in [-0.3, -0.25) is 0 Å². The SMILES string of the molecule is Cc1csc2ncnc(NCCOC3CCS(=O)(=O)C3)c12. The molecule has 21 heavy (non-hydrogen) atoms. The van der Waals surface area contributed by atoms with Gasteiger partial charge in [0.05, 0.1) is 29.6 Å². The Morgan fingerprint density at radius 1 is 1.48 bits per heavy atom. The van der Waals surface area contributed by atoms with Crippen LogP contribution in [0.2, 0.25) is 0 Å². The molecule has 114 valence electrons. The molecule has 1 atom stereocenters. The first kappa shape index (κ1) is 14.7. The Bertz CT molecular complexity index is 742. The van der Waals surface area contributed by atoms with Crippen LogP contribution in [0.15, 0.2) is 11.7 Å². The number of anilines is 1. The van der Waals surface area contributed by atoms with Gasteiger partial charge in [0.15, 0.2) is 9.84 Å². The Morgan fingerprint density at radius 2 is 2.33 bits per heavy atom. The highest BCUT2D eigenvalue weighted by atomic mass is 32.2. The molecule has 0 saturated carbocycles. The van der Waals surface area contributed by atoms with Gasteiger partial charge in [0.2, 0.25) is 0 Å². The van der Waals surface area contributed by atoms with E-state index in [4.69, 9.17) is 4.74 Å². The average Bonchev–Trinajstić information content (AvgIpc) is 2.99. The summed E-state index contributed by atoms with van der Waals surface area (Å²) in [7, 11) is -2.88. The van der Waals surface area contributed by atoms with Crippen molar-refractivity contribution in [2.24, 2.45) is 0 Å². The minimum atomic E-state index is -2.88. The van der Waals surface area contributed by atoms with Crippen LogP contribution in [0.5, 0.6) is 0 Å². The lowest BCUT2D eigenvalue weighted by molar-refractivity contribution is 0.0789. The minimum absolute atomic E-state index is 0.147. The van der Waals surface area contributed by atoms with Crippen LogP contribution < -0.4 is 5.32 Å². The Morgan fingerprint density at radius 3 is 3.10 bits per heavy atom. The summed E-state index contributed by atoms with van der Waals surface area (Å²) in [6.07, 6.45) is 1.99. The fraction of sp³-hybridized carbons (Fsp3) is 0.538. The molecule has 2 aromatic heterocycles. The molecule has 1 N–H and O–H groups in total. The number of sulfone groups is 1. The van der Waals surface area contributed by atoms with Gasteiger partial charge in [0.1, 0.15) is 17.0 Å². The lowest BCUT2D eigenvalue weighted by atomic mass is 10.2. The minimum Gasteiger partial charge on any atom is -0.375 e. The standard InChI is InChI=1S/C13H17N3O3S2/c1-9-6-20-13-11(9)12(15-8-16-13)14-3-4-19-10-2-5-21(17,18)7-10/h6,8,10H,2-5,7H2,1H3,(H,14,15,16). The quantitative estimate of drug-likeness (QED) is 0.841. The van der Waals surface area contributed by atoms with Gasteiger partial charge in [-0.05, 0) is 24.3 Å². The lowest BCUT2D eigenvalue weighted by Gasteiger charge is -2.11. The summed E-state index contributed by atoms with van der Waals surface area (Å²) >= 11 is 1.60. The topological polar surface area (TPSA) is 81.2 Å². The summed E-state index contributed by atoms with van der Waals surface area (Å²) in [5, 5.41) is 6.35. The van der Waals surface area contributed by atoms with E-state index in [2.05, 4.69) is 20.7 Å². The highest BCUT2D eigenvalue weighted by molar-refractivity contribution is 7.91. The van der Waals surface area contributed by atoms with E-state index < -0.39 is 9.84 Å². The van der Waals surface area contributed by atoms with Crippen molar-refractivity contribution in [1.82, 2.24) is 9.97 Å². The van der Waals surface area contributed by atoms with Crippen molar-refractivity contribution < 1.29 is 13.2 Å². The maximum absolute atomic E-state index is 11.3. The Balaban J connectivity index is 1.54. The van der Waals surface area contributed by atoms with Crippen molar-refractivity contribution in [2.75, 3.05) is 30.0 Å². The number of rotatable bonds is 5. The highest BCUT2D eigenvalue weighted by Crippen LogP contribution is 2.28. The van der Waals surface area contributed by atoms with Crippen molar-refractivity contribution in [3.63, 3.8) is 0 Å². The van der Waals surface area contributed by atoms with Crippen LogP contribution in [0.4, 0.5) is 5.82 Å². The number of thiophene rings is 1. The molecule has 0 radical (unpaired) electrons. The normalized spacial score (nSPS) is 20.9. The zero-order valence-corrected chi connectivity index (χ0v) is 13.3. The van der Waals surface area contributed by atoms with Gasteiger partial charge in [-0.15, -0.1) is 11.3 Å². The van der Waals surface area contributed by atoms with Crippen LogP contribution in [-0.2, 0) is 14.6 Å². The van der Waals surface area contributed by atoms with E-state index >= 15 is 0 Å². The monoisotopic (exact) mass is 327 g/mol. The number of nitrogens with one attached hydrogen (secondary N) is 1. The van der Waals surface area contributed by atoms with Crippen molar-refractivity contribution >= 4 is 37.2 Å². The molecule has 1 saturated heterocycles. The molecule has 1 aliphatic heterocycles. The van der Waals surface area contributed by atoms with Gasteiger partial charge in [0.25, 0.3) is 0 Å². The van der Waals surface area contributed by atoms with Crippen molar-refractivity contribution in [2.45, 2.75) is 19.4 Å². The van der Waals surface area contributed by atoms with Gasteiger partial charge in [-0.1, -0.05) is 0 Å². The third-order valence-electron chi connectivity index (χ3n) is 3.49. The molecule has 3 rings (SSSR count). The number of aromatic nitrogens is 2. The average molecular weight is 327 g/mol. The van der Waals surface area contributed by atoms with Crippen LogP contribution in [0.1, 0.15) is 12.0 Å². The van der Waals surface area contributed by atoms with Crippen molar-refractivity contribution in [3.05, 3.63) is 17.3 Å². The van der Waals surface area contributed by atoms with E-state index in [1.54, 1.807) is 17.7 Å². The van der Waals surface area contributed by atoms with Crippen LogP contribution in [0.3, 0.4) is 0 Å². The van der Waals surface area contributed by atoms with Gasteiger partial charge >= 0.3 is 0 Å². The van der Waals surface area contributed by atoms with E-state index in [1.807, 2.05) is 6.92 Å². The first-order valence-corrected chi connectivity index (χ1v) is 9.50. The highest BCUT2D eigenvalue weighted by Gasteiger charge is 2.28. The molecule has 1 fully saturated rings. The number of hydrogen-bond acceptors (Lipinski definition) is 7. The van der Waals surface area contributed by atoms with Gasteiger partial charge in [0, 0.05) is 6.54 Å². The van der Waals surface area contributed by atoms with E-state index in [0.29, 0.717) is 19.6 Å². The van der Waals surface area contributed by atoms with E-state index in [-0.39, 0.29) is 17.6 Å². The van der Waals surface area contributed by atoms with Gasteiger partial charge < -0.3 is 10.1 Å². The molecule has 0 aromatic carbocycles. The first-order chi connectivity index (χ1) is 10.1. The molecule has 2 aromatic rings. The van der Waals surface area contributed by atoms with E-state index in [0.717, 1.165) is 21.6 Å². The Hall–Kier alpha value is -1.25. The van der Waals surface area contributed by atoms with E-state index in [9.17, 15) is 8.42 Å². The first-order valence-electron chi connectivity index (χ1n) is 6.80. The summed E-state index contributed by atoms with van der Waals surface area (Å²) in [6.45, 7) is 3.10. The lowest BCUT2D eigenvalue weighted by Crippen LogP contribution is -2.19. The summed E-state index contributed by atoms with van der Waals surface area (Å²) in [5.74, 6) is 1.20. The Kier molecular flexibility index (Phi) is 4.10. The summed E-state index contributed by atoms with van der Waals surface area (Å²) in [5.41, 5.74) is 1.15. The molecule has 0 aliphatic carbocycles. The summed E-state index contributed by atoms with van der Waals surface area (Å²) in [6, 6.07) is 0. The molecule has 6 nitrogen and oxygen atoms in total. The van der Waals surface area contributed by atoms with Crippen LogP contribution in [0.25, 0.3) is 10.2 Å². The smallest absolute Gasteiger partial charge is 0.152 e. The van der Waals surface area contributed by atoms with E-state index in [1.165, 1.54) is 0 Å². The molecule has 0 amide bonds. The van der Waals surface area contributed by atoms with Crippen LogP contribution in [-0.4, -0.2) is 49.1 Å². The zero-order valence-electron chi connectivity index (χ0n) is 11.7. The second kappa shape index (κ2) is 5.86. The van der Waals surface area contributed by atoms with Crippen LogP contribution in [0, 0.1) is 6.92 Å². The molecular formula is C13H17N3O3S2. The number of nitrogens with zero attached hydrogens (tertiary/aromatic N) is 2. The predicted molar refractivity (Wildman–Crippen MR) is 83.7 cm³/mol. The summed E-state index contributed by atoms with van der Waals surface area (Å²) < 4.78 is 28.3. The Labute approximate surface area is 127 Å². The fourth-order valence-electron chi connectivity index (χ4n) is 2.44. The molecular weight excluding hydrogens is 310 g/mol. The van der Waals surface area contributed by atoms with Crippen LogP contribution >= 0.6 is 11.3 Å². The molecule has 8 heteroatoms. The molecule has 3 heterocycles. The number of ether oxygens (including phenoxy) is 1. The largest absolute Gasteiger partial charge is 0.375 e. The number of fused-ring (bicyclic) bond motifs is 1. The fourth-order valence-corrected chi connectivity index (χ4v) is 4.95. The predicted octanol–water partition coefficient (Wildman–Crippen LogP) is 1.62.